The Morgan fingerprint density at radius 3 is 2.33 bits per heavy atom. The quantitative estimate of drug-likeness (QED) is 0.666. The SMILES string of the molecule is COC(=O)c1cc(C)ccc1NC(=O)c1[nH]c(C)c(C(C)=O)c1C. The highest BCUT2D eigenvalue weighted by Crippen LogP contribution is 2.22. The lowest BCUT2D eigenvalue weighted by Crippen LogP contribution is -2.17. The number of Topliss-reactive ketones (excluding diaryl/α,β-unsaturated/α-hetero) is 1. The number of hydrogen-bond acceptors (Lipinski definition) is 4. The number of carbonyl (C=O) groups excluding carboxylic acids is 3. The summed E-state index contributed by atoms with van der Waals surface area (Å²) < 4.78 is 4.75. The van der Waals surface area contributed by atoms with Crippen LogP contribution in [0.3, 0.4) is 0 Å². The van der Waals surface area contributed by atoms with Crippen LogP contribution < -0.4 is 5.32 Å². The fourth-order valence-corrected chi connectivity index (χ4v) is 2.74. The zero-order chi connectivity index (χ0) is 18.0. The third kappa shape index (κ3) is 3.22. The van der Waals surface area contributed by atoms with Crippen molar-refractivity contribution in [2.45, 2.75) is 27.7 Å². The van der Waals surface area contributed by atoms with Crippen LogP contribution >= 0.6 is 0 Å². The number of carbonyl (C=O) groups is 3. The third-order valence-corrected chi connectivity index (χ3v) is 3.85. The van der Waals surface area contributed by atoms with E-state index >= 15 is 0 Å². The molecule has 0 saturated carbocycles. The molecule has 0 atom stereocenters. The van der Waals surface area contributed by atoms with E-state index in [1.807, 2.05) is 6.92 Å². The second-order valence-electron chi connectivity index (χ2n) is 5.68. The lowest BCUT2D eigenvalue weighted by atomic mass is 10.1. The summed E-state index contributed by atoms with van der Waals surface area (Å²) in [4.78, 5) is 39.1. The Kier molecular flexibility index (Phi) is 4.87. The Hall–Kier alpha value is -2.89. The number of methoxy groups -OCH3 is 1. The molecule has 1 aromatic heterocycles. The number of esters is 1. The number of aryl methyl sites for hydroxylation is 2. The van der Waals surface area contributed by atoms with Crippen molar-refractivity contribution >= 4 is 23.3 Å². The van der Waals surface area contributed by atoms with Crippen LogP contribution in [0.4, 0.5) is 5.69 Å². The van der Waals surface area contributed by atoms with Crippen molar-refractivity contribution in [2.24, 2.45) is 0 Å². The van der Waals surface area contributed by atoms with Gasteiger partial charge in [0.2, 0.25) is 0 Å². The zero-order valence-electron chi connectivity index (χ0n) is 14.4. The molecule has 24 heavy (non-hydrogen) atoms. The lowest BCUT2D eigenvalue weighted by Gasteiger charge is -2.10. The number of aromatic nitrogens is 1. The second-order valence-corrected chi connectivity index (χ2v) is 5.68. The zero-order valence-corrected chi connectivity index (χ0v) is 14.4. The molecule has 0 fully saturated rings. The van der Waals surface area contributed by atoms with Gasteiger partial charge in [0.1, 0.15) is 5.69 Å². The fourth-order valence-electron chi connectivity index (χ4n) is 2.74. The molecule has 1 heterocycles. The van der Waals surface area contributed by atoms with Crippen LogP contribution in [0.1, 0.15) is 54.9 Å². The highest BCUT2D eigenvalue weighted by molar-refractivity contribution is 6.10. The Balaban J connectivity index is 2.40. The van der Waals surface area contributed by atoms with Crippen LogP contribution in [0.5, 0.6) is 0 Å². The molecule has 0 aliphatic carbocycles. The molecular weight excluding hydrogens is 308 g/mol. The molecule has 0 radical (unpaired) electrons. The lowest BCUT2D eigenvalue weighted by molar-refractivity contribution is 0.0601. The molecule has 2 aromatic rings. The van der Waals surface area contributed by atoms with Crippen molar-refractivity contribution in [1.82, 2.24) is 4.98 Å². The number of anilines is 1. The van der Waals surface area contributed by atoms with Gasteiger partial charge in [0, 0.05) is 11.3 Å². The van der Waals surface area contributed by atoms with Crippen LogP contribution in [-0.2, 0) is 4.74 Å². The van der Waals surface area contributed by atoms with Gasteiger partial charge < -0.3 is 15.0 Å². The summed E-state index contributed by atoms with van der Waals surface area (Å²) in [5, 5.41) is 2.71. The smallest absolute Gasteiger partial charge is 0.339 e. The van der Waals surface area contributed by atoms with Gasteiger partial charge in [-0.15, -0.1) is 0 Å². The average molecular weight is 328 g/mol. The number of aromatic amines is 1. The molecule has 0 saturated heterocycles. The van der Waals surface area contributed by atoms with E-state index in [0.29, 0.717) is 28.2 Å². The molecule has 0 bridgehead atoms. The summed E-state index contributed by atoms with van der Waals surface area (Å²) in [7, 11) is 1.29. The fraction of sp³-hybridized carbons (Fsp3) is 0.278. The maximum Gasteiger partial charge on any atom is 0.339 e. The summed E-state index contributed by atoms with van der Waals surface area (Å²) in [6.07, 6.45) is 0. The molecule has 126 valence electrons. The molecule has 2 rings (SSSR count). The Labute approximate surface area is 140 Å². The predicted molar refractivity (Wildman–Crippen MR) is 90.7 cm³/mol. The first-order valence-corrected chi connectivity index (χ1v) is 7.46. The molecule has 6 heteroatoms. The van der Waals surface area contributed by atoms with Crippen molar-refractivity contribution < 1.29 is 19.1 Å². The first-order valence-electron chi connectivity index (χ1n) is 7.46. The third-order valence-electron chi connectivity index (χ3n) is 3.85. The molecular formula is C18H20N2O4. The van der Waals surface area contributed by atoms with Crippen molar-refractivity contribution in [2.75, 3.05) is 12.4 Å². The highest BCUT2D eigenvalue weighted by Gasteiger charge is 2.21. The predicted octanol–water partition coefficient (Wildman–Crippen LogP) is 3.18. The number of rotatable bonds is 4. The minimum atomic E-state index is -0.530. The van der Waals surface area contributed by atoms with Crippen LogP contribution in [0.25, 0.3) is 0 Å². The van der Waals surface area contributed by atoms with E-state index in [0.717, 1.165) is 5.56 Å². The number of ketones is 1. The summed E-state index contributed by atoms with van der Waals surface area (Å²) in [6, 6.07) is 5.08. The highest BCUT2D eigenvalue weighted by atomic mass is 16.5. The Morgan fingerprint density at radius 1 is 1.12 bits per heavy atom. The van der Waals surface area contributed by atoms with Gasteiger partial charge in [-0.05, 0) is 45.4 Å². The second kappa shape index (κ2) is 6.70. The number of nitrogens with one attached hydrogen (secondary N) is 2. The monoisotopic (exact) mass is 328 g/mol. The maximum atomic E-state index is 12.6. The number of benzene rings is 1. The summed E-state index contributed by atoms with van der Waals surface area (Å²) in [5.74, 6) is -1.05. The minimum absolute atomic E-state index is 0.106. The first-order chi connectivity index (χ1) is 11.3. The number of H-pyrrole nitrogens is 1. The normalized spacial score (nSPS) is 10.4. The molecule has 2 N–H and O–H groups in total. The van der Waals surface area contributed by atoms with Gasteiger partial charge in [0.05, 0.1) is 18.4 Å². The van der Waals surface area contributed by atoms with E-state index in [1.54, 1.807) is 32.0 Å². The van der Waals surface area contributed by atoms with E-state index in [1.165, 1.54) is 14.0 Å². The van der Waals surface area contributed by atoms with Gasteiger partial charge in [-0.3, -0.25) is 9.59 Å². The van der Waals surface area contributed by atoms with Crippen molar-refractivity contribution in [1.29, 1.82) is 0 Å². The van der Waals surface area contributed by atoms with Gasteiger partial charge in [0.15, 0.2) is 5.78 Å². The molecule has 0 unspecified atom stereocenters. The molecule has 6 nitrogen and oxygen atoms in total. The Bertz CT molecular complexity index is 834. The summed E-state index contributed by atoms with van der Waals surface area (Å²) in [6.45, 7) is 6.76. The van der Waals surface area contributed by atoms with Gasteiger partial charge in [-0.1, -0.05) is 11.6 Å². The summed E-state index contributed by atoms with van der Waals surface area (Å²) >= 11 is 0. The maximum absolute atomic E-state index is 12.6. The van der Waals surface area contributed by atoms with Crippen molar-refractivity contribution in [3.8, 4) is 0 Å². The molecule has 0 spiro atoms. The topological polar surface area (TPSA) is 88.3 Å². The molecule has 1 aromatic carbocycles. The van der Waals surface area contributed by atoms with Crippen LogP contribution in [0, 0.1) is 20.8 Å². The number of ether oxygens (including phenoxy) is 1. The van der Waals surface area contributed by atoms with E-state index in [2.05, 4.69) is 10.3 Å². The first kappa shape index (κ1) is 17.5. The van der Waals surface area contributed by atoms with Gasteiger partial charge >= 0.3 is 5.97 Å². The molecule has 1 amide bonds. The van der Waals surface area contributed by atoms with Gasteiger partial charge in [-0.2, -0.15) is 0 Å². The Morgan fingerprint density at radius 2 is 1.79 bits per heavy atom. The molecule has 0 aliphatic rings. The van der Waals surface area contributed by atoms with E-state index < -0.39 is 11.9 Å². The van der Waals surface area contributed by atoms with E-state index in [4.69, 9.17) is 4.74 Å². The number of amides is 1. The average Bonchev–Trinajstić information content (AvgIpc) is 2.83. The van der Waals surface area contributed by atoms with E-state index in [-0.39, 0.29) is 11.3 Å². The standard InChI is InChI=1S/C18H20N2O4/c1-9-6-7-14(13(8-9)18(23)24-5)20-17(22)16-10(2)15(12(4)21)11(3)19-16/h6-8,19H,1-5H3,(H,20,22). The minimum Gasteiger partial charge on any atom is -0.465 e. The van der Waals surface area contributed by atoms with Crippen molar-refractivity contribution in [3.05, 3.63) is 51.8 Å². The van der Waals surface area contributed by atoms with Gasteiger partial charge in [-0.25, -0.2) is 4.79 Å². The largest absolute Gasteiger partial charge is 0.465 e. The van der Waals surface area contributed by atoms with Gasteiger partial charge in [0.25, 0.3) is 5.91 Å². The number of hydrogen-bond donors (Lipinski definition) is 2. The van der Waals surface area contributed by atoms with Crippen LogP contribution in [0.2, 0.25) is 0 Å². The van der Waals surface area contributed by atoms with Crippen LogP contribution in [-0.4, -0.2) is 29.8 Å². The molecule has 0 aliphatic heterocycles. The van der Waals surface area contributed by atoms with E-state index in [9.17, 15) is 14.4 Å². The van der Waals surface area contributed by atoms with Crippen LogP contribution in [0.15, 0.2) is 18.2 Å². The summed E-state index contributed by atoms with van der Waals surface area (Å²) in [5.41, 5.74) is 3.55. The van der Waals surface area contributed by atoms with Crippen molar-refractivity contribution in [3.63, 3.8) is 0 Å².